The van der Waals surface area contributed by atoms with Gasteiger partial charge in [-0.3, -0.25) is 4.79 Å². The lowest BCUT2D eigenvalue weighted by Gasteiger charge is -2.45. The van der Waals surface area contributed by atoms with Crippen LogP contribution in [0.15, 0.2) is 0 Å². The van der Waals surface area contributed by atoms with Crippen LogP contribution in [-0.2, 0) is 4.79 Å². The molecule has 1 saturated carbocycles. The first-order valence-electron chi connectivity index (χ1n) is 3.73. The summed E-state index contributed by atoms with van der Waals surface area (Å²) in [6, 6.07) is 0.639. The van der Waals surface area contributed by atoms with E-state index in [1.807, 2.05) is 0 Å². The lowest BCUT2D eigenvalue weighted by Crippen LogP contribution is -2.55. The molecular formula is C7H12ClNO2. The molecule has 0 aromatic carbocycles. The first-order valence-corrected chi connectivity index (χ1v) is 3.73. The Balaban J connectivity index is 0.000000605. The third-order valence-electron chi connectivity index (χ3n) is 2.69. The summed E-state index contributed by atoms with van der Waals surface area (Å²) < 4.78 is 0. The monoisotopic (exact) mass is 177 g/mol. The van der Waals surface area contributed by atoms with Gasteiger partial charge in [-0.05, 0) is 18.8 Å². The lowest BCUT2D eigenvalue weighted by atomic mass is 9.69. The lowest BCUT2D eigenvalue weighted by molar-refractivity contribution is -0.147. The van der Waals surface area contributed by atoms with Crippen LogP contribution in [0.1, 0.15) is 12.8 Å². The maximum Gasteiger partial charge on any atom is 0.308 e. The molecule has 1 unspecified atom stereocenters. The first-order chi connectivity index (χ1) is 4.77. The molecule has 4 heteroatoms. The van der Waals surface area contributed by atoms with Crippen LogP contribution in [0.3, 0.4) is 0 Å². The Bertz CT molecular complexity index is 165. The highest BCUT2D eigenvalue weighted by atomic mass is 35.5. The molecular weight excluding hydrogens is 166 g/mol. The number of carbonyl (C=O) groups is 1. The number of nitrogens with one attached hydrogen (secondary N) is 1. The number of fused-ring (bicyclic) bond motifs is 2. The van der Waals surface area contributed by atoms with Gasteiger partial charge >= 0.3 is 5.97 Å². The van der Waals surface area contributed by atoms with Crippen LogP contribution < -0.4 is 5.32 Å². The molecule has 1 aliphatic carbocycles. The van der Waals surface area contributed by atoms with Crippen LogP contribution in [0.4, 0.5) is 0 Å². The quantitative estimate of drug-likeness (QED) is 0.613. The summed E-state index contributed by atoms with van der Waals surface area (Å²) >= 11 is 0. The molecule has 0 amide bonds. The predicted octanol–water partition coefficient (Wildman–Crippen LogP) is 0.491. The van der Waals surface area contributed by atoms with Crippen molar-refractivity contribution in [1.29, 1.82) is 0 Å². The summed E-state index contributed by atoms with van der Waals surface area (Å²) in [6.07, 6.45) is 2.16. The zero-order valence-electron chi connectivity index (χ0n) is 6.12. The Morgan fingerprint density at radius 1 is 1.45 bits per heavy atom. The standard InChI is InChI=1S/C7H11NO2.ClH/c9-7(10)6-3-8-5-1-4(6)2-5;/h4-6,8H,1-3H2,(H,9,10);1H. The van der Waals surface area contributed by atoms with Crippen molar-refractivity contribution in [3.63, 3.8) is 0 Å². The van der Waals surface area contributed by atoms with Crippen LogP contribution in [0.5, 0.6) is 0 Å². The first kappa shape index (κ1) is 8.81. The zero-order chi connectivity index (χ0) is 7.14. The smallest absolute Gasteiger partial charge is 0.308 e. The number of carboxylic acid groups (broad SMARTS) is 1. The van der Waals surface area contributed by atoms with E-state index in [1.54, 1.807) is 0 Å². The van der Waals surface area contributed by atoms with Crippen LogP contribution in [-0.4, -0.2) is 23.7 Å². The van der Waals surface area contributed by atoms with E-state index in [-0.39, 0.29) is 18.3 Å². The summed E-state index contributed by atoms with van der Waals surface area (Å²) in [5.74, 6) is -0.260. The van der Waals surface area contributed by atoms with Crippen molar-refractivity contribution in [3.8, 4) is 0 Å². The molecule has 1 atom stereocenters. The van der Waals surface area contributed by atoms with Gasteiger partial charge in [0.15, 0.2) is 0 Å². The Hall–Kier alpha value is -0.280. The average molecular weight is 178 g/mol. The fourth-order valence-electron chi connectivity index (χ4n) is 1.91. The van der Waals surface area contributed by atoms with Crippen molar-refractivity contribution in [2.45, 2.75) is 18.9 Å². The van der Waals surface area contributed by atoms with Gasteiger partial charge in [0.25, 0.3) is 0 Å². The molecule has 3 rings (SSSR count). The molecule has 2 aliphatic heterocycles. The van der Waals surface area contributed by atoms with Crippen molar-refractivity contribution in [3.05, 3.63) is 0 Å². The molecule has 3 aliphatic rings. The maximum atomic E-state index is 10.5. The van der Waals surface area contributed by atoms with E-state index in [0.29, 0.717) is 18.5 Å². The van der Waals surface area contributed by atoms with E-state index < -0.39 is 5.97 Å². The Morgan fingerprint density at radius 2 is 2.09 bits per heavy atom. The van der Waals surface area contributed by atoms with Gasteiger partial charge < -0.3 is 10.4 Å². The second-order valence-electron chi connectivity index (χ2n) is 3.28. The van der Waals surface area contributed by atoms with Crippen molar-refractivity contribution in [2.75, 3.05) is 6.54 Å². The number of piperidine rings is 2. The normalized spacial score (nSPS) is 40.2. The molecule has 0 radical (unpaired) electrons. The number of hydrogen-bond donors (Lipinski definition) is 2. The third kappa shape index (κ3) is 1.35. The fourth-order valence-corrected chi connectivity index (χ4v) is 1.91. The molecule has 0 spiro atoms. The van der Waals surface area contributed by atoms with E-state index in [0.717, 1.165) is 12.8 Å². The Kier molecular flexibility index (Phi) is 2.40. The minimum atomic E-state index is -0.629. The van der Waals surface area contributed by atoms with Crippen LogP contribution >= 0.6 is 12.4 Å². The largest absolute Gasteiger partial charge is 0.481 e. The van der Waals surface area contributed by atoms with Gasteiger partial charge in [0.1, 0.15) is 0 Å². The predicted molar refractivity (Wildman–Crippen MR) is 42.9 cm³/mol. The van der Waals surface area contributed by atoms with Crippen molar-refractivity contribution < 1.29 is 9.90 Å². The van der Waals surface area contributed by atoms with Gasteiger partial charge in [0, 0.05) is 12.6 Å². The van der Waals surface area contributed by atoms with E-state index in [9.17, 15) is 4.79 Å². The topological polar surface area (TPSA) is 49.3 Å². The number of carboxylic acids is 1. The van der Waals surface area contributed by atoms with Gasteiger partial charge in [-0.2, -0.15) is 0 Å². The highest BCUT2D eigenvalue weighted by molar-refractivity contribution is 5.85. The summed E-state index contributed by atoms with van der Waals surface area (Å²) in [5.41, 5.74) is 0. The molecule has 3 nitrogen and oxygen atoms in total. The van der Waals surface area contributed by atoms with Crippen molar-refractivity contribution in [2.24, 2.45) is 11.8 Å². The van der Waals surface area contributed by atoms with E-state index in [1.165, 1.54) is 0 Å². The third-order valence-corrected chi connectivity index (χ3v) is 2.69. The summed E-state index contributed by atoms with van der Waals surface area (Å²) in [5, 5.41) is 11.9. The fraction of sp³-hybridized carbons (Fsp3) is 0.857. The molecule has 2 N–H and O–H groups in total. The van der Waals surface area contributed by atoms with E-state index in [2.05, 4.69) is 5.32 Å². The molecule has 2 bridgehead atoms. The molecule has 0 aromatic rings. The molecule has 11 heavy (non-hydrogen) atoms. The van der Waals surface area contributed by atoms with Crippen molar-refractivity contribution in [1.82, 2.24) is 5.32 Å². The maximum absolute atomic E-state index is 10.5. The van der Waals surface area contributed by atoms with E-state index in [4.69, 9.17) is 5.11 Å². The highest BCUT2D eigenvalue weighted by Crippen LogP contribution is 2.37. The summed E-state index contributed by atoms with van der Waals surface area (Å²) in [6.45, 7) is 0.685. The second kappa shape index (κ2) is 2.99. The minimum Gasteiger partial charge on any atom is -0.481 e. The summed E-state index contributed by atoms with van der Waals surface area (Å²) in [7, 11) is 0. The van der Waals surface area contributed by atoms with Gasteiger partial charge in [-0.25, -0.2) is 0 Å². The summed E-state index contributed by atoms with van der Waals surface area (Å²) in [4.78, 5) is 10.5. The van der Waals surface area contributed by atoms with Gasteiger partial charge in [-0.15, -0.1) is 12.4 Å². The van der Waals surface area contributed by atoms with Gasteiger partial charge in [0.05, 0.1) is 5.92 Å². The Morgan fingerprint density at radius 3 is 2.36 bits per heavy atom. The van der Waals surface area contributed by atoms with Gasteiger partial charge in [0.2, 0.25) is 0 Å². The van der Waals surface area contributed by atoms with Crippen LogP contribution in [0.25, 0.3) is 0 Å². The van der Waals surface area contributed by atoms with Crippen LogP contribution in [0.2, 0.25) is 0 Å². The van der Waals surface area contributed by atoms with Crippen LogP contribution in [0, 0.1) is 11.8 Å². The SMILES string of the molecule is Cl.O=C(O)C1CNC2CC1C2. The highest BCUT2D eigenvalue weighted by Gasteiger charge is 2.42. The molecule has 3 fully saturated rings. The zero-order valence-corrected chi connectivity index (χ0v) is 6.93. The van der Waals surface area contributed by atoms with Crippen molar-refractivity contribution >= 4 is 18.4 Å². The number of aliphatic carboxylic acids is 1. The molecule has 64 valence electrons. The molecule has 0 aromatic heterocycles. The molecule has 2 heterocycles. The van der Waals surface area contributed by atoms with Gasteiger partial charge in [-0.1, -0.05) is 0 Å². The average Bonchev–Trinajstić information content (AvgIpc) is 1.86. The van der Waals surface area contributed by atoms with E-state index >= 15 is 0 Å². The molecule has 2 saturated heterocycles. The minimum absolute atomic E-state index is 0. The number of hydrogen-bond acceptors (Lipinski definition) is 2. The number of halogens is 1. The number of rotatable bonds is 1. The second-order valence-corrected chi connectivity index (χ2v) is 3.28. The Labute approximate surface area is 71.6 Å².